The highest BCUT2D eigenvalue weighted by Gasteiger charge is 2.09. The molecule has 1 aromatic carbocycles. The molecule has 0 bridgehead atoms. The quantitative estimate of drug-likeness (QED) is 0.320. The van der Waals surface area contributed by atoms with Crippen LogP contribution in [0, 0.1) is 0 Å². The van der Waals surface area contributed by atoms with Crippen molar-refractivity contribution in [1.29, 1.82) is 0 Å². The molecule has 0 fully saturated rings. The maximum absolute atomic E-state index is 9.35. The molecule has 0 aliphatic carbocycles. The zero-order valence-electron chi connectivity index (χ0n) is 14.3. The van der Waals surface area contributed by atoms with E-state index < -0.39 is 0 Å². The SMILES string of the molecule is CC(=COCCCCCOc1c(Cl)cc(O)cc1Cl)NOC(C)C. The van der Waals surface area contributed by atoms with Crippen LogP contribution in [0.25, 0.3) is 0 Å². The van der Waals surface area contributed by atoms with Gasteiger partial charge in [0, 0.05) is 12.1 Å². The Hall–Kier alpha value is -1.30. The van der Waals surface area contributed by atoms with E-state index in [1.165, 1.54) is 12.1 Å². The van der Waals surface area contributed by atoms with Gasteiger partial charge < -0.3 is 14.6 Å². The first-order chi connectivity index (χ1) is 11.4. The Balaban J connectivity index is 2.12. The summed E-state index contributed by atoms with van der Waals surface area (Å²) in [7, 11) is 0. The predicted molar refractivity (Wildman–Crippen MR) is 96.5 cm³/mol. The molecule has 1 aromatic rings. The molecule has 0 aliphatic heterocycles. The number of allylic oxidation sites excluding steroid dienone is 1. The summed E-state index contributed by atoms with van der Waals surface area (Å²) in [6, 6.07) is 2.81. The van der Waals surface area contributed by atoms with Crippen LogP contribution in [-0.4, -0.2) is 24.4 Å². The second-order valence-electron chi connectivity index (χ2n) is 5.59. The molecule has 136 valence electrons. The van der Waals surface area contributed by atoms with Crippen LogP contribution in [0.15, 0.2) is 24.1 Å². The Morgan fingerprint density at radius 2 is 1.79 bits per heavy atom. The Morgan fingerprint density at radius 3 is 2.42 bits per heavy atom. The Labute approximate surface area is 153 Å². The number of halogens is 2. The van der Waals surface area contributed by atoms with Crippen molar-refractivity contribution in [3.63, 3.8) is 0 Å². The summed E-state index contributed by atoms with van der Waals surface area (Å²) >= 11 is 12.0. The molecular formula is C17H25Cl2NO4. The first-order valence-electron chi connectivity index (χ1n) is 7.91. The minimum absolute atomic E-state index is 0.0196. The van der Waals surface area contributed by atoms with Crippen LogP contribution >= 0.6 is 23.2 Å². The lowest BCUT2D eigenvalue weighted by molar-refractivity contribution is 0.0117. The predicted octanol–water partition coefficient (Wildman–Crippen LogP) is 5.06. The third-order valence-electron chi connectivity index (χ3n) is 2.85. The van der Waals surface area contributed by atoms with Gasteiger partial charge in [-0.3, -0.25) is 10.3 Å². The standard InChI is InChI=1S/C17H25Cl2NO4/c1-12(2)24-20-13(3)11-22-7-5-4-6-8-23-17-15(18)9-14(21)10-16(17)19/h9-12,20-21H,4-8H2,1-3H3. The molecule has 0 spiro atoms. The van der Waals surface area contributed by atoms with Crippen molar-refractivity contribution < 1.29 is 19.4 Å². The van der Waals surface area contributed by atoms with Crippen LogP contribution in [-0.2, 0) is 9.57 Å². The summed E-state index contributed by atoms with van der Waals surface area (Å²) in [4.78, 5) is 5.23. The van der Waals surface area contributed by atoms with Crippen molar-refractivity contribution >= 4 is 23.2 Å². The van der Waals surface area contributed by atoms with Gasteiger partial charge in [-0.2, -0.15) is 0 Å². The lowest BCUT2D eigenvalue weighted by Gasteiger charge is -2.11. The van der Waals surface area contributed by atoms with Gasteiger partial charge in [0.25, 0.3) is 0 Å². The summed E-state index contributed by atoms with van der Waals surface area (Å²) in [6.07, 6.45) is 4.48. The molecule has 5 nitrogen and oxygen atoms in total. The van der Waals surface area contributed by atoms with Gasteiger partial charge in [0.1, 0.15) is 12.0 Å². The molecule has 0 saturated heterocycles. The van der Waals surface area contributed by atoms with Gasteiger partial charge in [-0.1, -0.05) is 23.2 Å². The zero-order chi connectivity index (χ0) is 17.9. The van der Waals surface area contributed by atoms with E-state index in [-0.39, 0.29) is 11.9 Å². The van der Waals surface area contributed by atoms with E-state index in [1.54, 1.807) is 6.26 Å². The monoisotopic (exact) mass is 377 g/mol. The molecule has 0 unspecified atom stereocenters. The lowest BCUT2D eigenvalue weighted by Crippen LogP contribution is -2.17. The van der Waals surface area contributed by atoms with Gasteiger partial charge in [-0.25, -0.2) is 0 Å². The zero-order valence-corrected chi connectivity index (χ0v) is 15.8. The van der Waals surface area contributed by atoms with E-state index in [0.717, 1.165) is 25.0 Å². The van der Waals surface area contributed by atoms with Gasteiger partial charge in [0.05, 0.1) is 35.1 Å². The average Bonchev–Trinajstić information content (AvgIpc) is 2.49. The molecule has 0 saturated carbocycles. The van der Waals surface area contributed by atoms with E-state index in [0.29, 0.717) is 29.0 Å². The highest BCUT2D eigenvalue weighted by Crippen LogP contribution is 2.36. The maximum atomic E-state index is 9.35. The van der Waals surface area contributed by atoms with Gasteiger partial charge in [-0.15, -0.1) is 0 Å². The fourth-order valence-electron chi connectivity index (χ4n) is 1.74. The molecule has 24 heavy (non-hydrogen) atoms. The van der Waals surface area contributed by atoms with Crippen molar-refractivity contribution in [2.24, 2.45) is 0 Å². The number of hydrogen-bond acceptors (Lipinski definition) is 5. The molecule has 2 N–H and O–H groups in total. The highest BCUT2D eigenvalue weighted by molar-refractivity contribution is 6.37. The number of phenols is 1. The number of rotatable bonds is 11. The molecule has 0 aliphatic rings. The second kappa shape index (κ2) is 11.3. The van der Waals surface area contributed by atoms with Crippen LogP contribution in [0.2, 0.25) is 10.0 Å². The number of hydroxylamine groups is 1. The molecule has 0 heterocycles. The first-order valence-corrected chi connectivity index (χ1v) is 8.66. The first kappa shape index (κ1) is 20.7. The fraction of sp³-hybridized carbons (Fsp3) is 0.529. The summed E-state index contributed by atoms with van der Waals surface area (Å²) in [5, 5.41) is 9.97. The minimum atomic E-state index is 0.0196. The highest BCUT2D eigenvalue weighted by atomic mass is 35.5. The minimum Gasteiger partial charge on any atom is -0.508 e. The van der Waals surface area contributed by atoms with Crippen LogP contribution in [0.3, 0.4) is 0 Å². The number of nitrogens with one attached hydrogen (secondary N) is 1. The van der Waals surface area contributed by atoms with Gasteiger partial charge in [0.15, 0.2) is 5.75 Å². The fourth-order valence-corrected chi connectivity index (χ4v) is 2.33. The third kappa shape index (κ3) is 8.52. The number of unbranched alkanes of at least 4 members (excludes halogenated alkanes) is 2. The van der Waals surface area contributed by atoms with Crippen molar-refractivity contribution in [2.75, 3.05) is 13.2 Å². The van der Waals surface area contributed by atoms with Gasteiger partial charge in [0.2, 0.25) is 0 Å². The van der Waals surface area contributed by atoms with Crippen LogP contribution in [0.4, 0.5) is 0 Å². The molecule has 0 aromatic heterocycles. The molecule has 0 atom stereocenters. The molecular weight excluding hydrogens is 353 g/mol. The van der Waals surface area contributed by atoms with Crippen molar-refractivity contribution in [2.45, 2.75) is 46.1 Å². The normalized spacial score (nSPS) is 11.7. The maximum Gasteiger partial charge on any atom is 0.156 e. The number of benzene rings is 1. The average molecular weight is 378 g/mol. The smallest absolute Gasteiger partial charge is 0.156 e. The van der Waals surface area contributed by atoms with Crippen molar-refractivity contribution in [1.82, 2.24) is 5.48 Å². The molecule has 0 radical (unpaired) electrons. The number of aromatic hydroxyl groups is 1. The van der Waals surface area contributed by atoms with Crippen LogP contribution < -0.4 is 10.2 Å². The van der Waals surface area contributed by atoms with E-state index >= 15 is 0 Å². The lowest BCUT2D eigenvalue weighted by atomic mass is 10.2. The largest absolute Gasteiger partial charge is 0.508 e. The van der Waals surface area contributed by atoms with Gasteiger partial charge >= 0.3 is 0 Å². The number of hydrogen-bond donors (Lipinski definition) is 2. The summed E-state index contributed by atoms with van der Waals surface area (Å²) in [6.45, 7) is 6.90. The molecule has 1 rings (SSSR count). The van der Waals surface area contributed by atoms with Crippen LogP contribution in [0.1, 0.15) is 40.0 Å². The Morgan fingerprint density at radius 1 is 1.17 bits per heavy atom. The second-order valence-corrected chi connectivity index (χ2v) is 6.40. The van der Waals surface area contributed by atoms with Crippen molar-refractivity contribution in [3.8, 4) is 11.5 Å². The molecule has 0 amide bonds. The van der Waals surface area contributed by atoms with E-state index in [1.807, 2.05) is 20.8 Å². The number of ether oxygens (including phenoxy) is 2. The number of phenolic OH excluding ortho intramolecular Hbond substituents is 1. The third-order valence-corrected chi connectivity index (χ3v) is 3.41. The van der Waals surface area contributed by atoms with E-state index in [2.05, 4.69) is 5.48 Å². The summed E-state index contributed by atoms with van der Waals surface area (Å²) < 4.78 is 11.0. The summed E-state index contributed by atoms with van der Waals surface area (Å²) in [5.74, 6) is 0.424. The topological polar surface area (TPSA) is 60.0 Å². The Kier molecular flexibility index (Phi) is 9.76. The molecule has 7 heteroatoms. The van der Waals surface area contributed by atoms with E-state index in [4.69, 9.17) is 37.5 Å². The van der Waals surface area contributed by atoms with Gasteiger partial charge in [-0.05, 0) is 40.0 Å². The van der Waals surface area contributed by atoms with E-state index in [9.17, 15) is 5.11 Å². The summed E-state index contributed by atoms with van der Waals surface area (Å²) in [5.41, 5.74) is 3.62. The van der Waals surface area contributed by atoms with Crippen molar-refractivity contribution in [3.05, 3.63) is 34.1 Å². The van der Waals surface area contributed by atoms with Crippen LogP contribution in [0.5, 0.6) is 11.5 Å². The Bertz CT molecular complexity index is 512.